The molecule has 1 aromatic heterocycles. The van der Waals surface area contributed by atoms with Crippen molar-refractivity contribution in [1.29, 1.82) is 5.26 Å². The molecule has 0 amide bonds. The molecule has 160 valence electrons. The molecule has 0 saturated heterocycles. The first-order valence-electron chi connectivity index (χ1n) is 9.68. The molecule has 4 rings (SSSR count). The number of pyridine rings is 1. The zero-order valence-electron chi connectivity index (χ0n) is 16.7. The van der Waals surface area contributed by atoms with E-state index in [1.807, 2.05) is 6.07 Å². The highest BCUT2D eigenvalue weighted by molar-refractivity contribution is 8.15. The first kappa shape index (κ1) is 21.4. The van der Waals surface area contributed by atoms with Gasteiger partial charge in [0, 0.05) is 24.1 Å². The van der Waals surface area contributed by atoms with Crippen LogP contribution < -0.4 is 5.73 Å². The van der Waals surface area contributed by atoms with Crippen molar-refractivity contribution in [2.45, 2.75) is 30.1 Å². The van der Waals surface area contributed by atoms with Crippen LogP contribution in [0.4, 0.5) is 8.78 Å². The summed E-state index contributed by atoms with van der Waals surface area (Å²) in [5.74, 6) is -1.33. The number of benzene rings is 1. The van der Waals surface area contributed by atoms with Crippen molar-refractivity contribution in [3.63, 3.8) is 0 Å². The quantitative estimate of drug-likeness (QED) is 0.666. The zero-order valence-corrected chi connectivity index (χ0v) is 17.5. The van der Waals surface area contributed by atoms with Crippen molar-refractivity contribution in [3.05, 3.63) is 64.2 Å². The Bertz CT molecular complexity index is 1150. The molecule has 1 aromatic carbocycles. The highest BCUT2D eigenvalue weighted by atomic mass is 32.2. The smallest absolute Gasteiger partial charge is 0.185 e. The van der Waals surface area contributed by atoms with Crippen LogP contribution in [0.15, 0.2) is 35.5 Å². The largest absolute Gasteiger partial charge is 0.395 e. The third-order valence-electron chi connectivity index (χ3n) is 6.02. The molecule has 3 atom stereocenters. The number of aryl methyl sites for hydroxylation is 1. The number of aliphatic imine (C=N–C) groups is 1. The van der Waals surface area contributed by atoms with Gasteiger partial charge < -0.3 is 10.8 Å². The van der Waals surface area contributed by atoms with Gasteiger partial charge in [0.05, 0.1) is 16.9 Å². The third-order valence-corrected chi connectivity index (χ3v) is 7.31. The topological polar surface area (TPSA) is 112 Å². The van der Waals surface area contributed by atoms with E-state index in [4.69, 9.17) is 11.0 Å². The van der Waals surface area contributed by atoms with E-state index < -0.39 is 28.7 Å². The number of nitriles is 1. The van der Waals surface area contributed by atoms with Crippen LogP contribution in [0, 0.1) is 30.0 Å². The summed E-state index contributed by atoms with van der Waals surface area (Å²) in [4.78, 5) is 21.2. The minimum absolute atomic E-state index is 0.0355. The number of fused-ring (bicyclic) bond motifs is 1. The lowest BCUT2D eigenvalue weighted by Gasteiger charge is -2.34. The lowest BCUT2D eigenvalue weighted by molar-refractivity contribution is 0.0987. The standard InChI is InChI=1S/C22H20F2N4O2S/c1-12-4-14(8-25)9-27-19(12)17(30)6-13-2-3-16(24)15(5-13)22(10-23)18-7-21(18,11-29)31-20(26)28-22/h2-5,9,18,29H,6-7,10-11H2,1H3,(H2,26,28)/t18-,21-,22-/m1/s1. The molecule has 31 heavy (non-hydrogen) atoms. The molecule has 3 N–H and O–H groups in total. The molecule has 2 heterocycles. The molecule has 9 heteroatoms. The third kappa shape index (κ3) is 3.50. The zero-order chi connectivity index (χ0) is 22.4. The van der Waals surface area contributed by atoms with Gasteiger partial charge in [0.1, 0.15) is 29.8 Å². The van der Waals surface area contributed by atoms with Gasteiger partial charge in [-0.15, -0.1) is 0 Å². The molecule has 0 bridgehead atoms. The summed E-state index contributed by atoms with van der Waals surface area (Å²) in [7, 11) is 0. The number of aromatic nitrogens is 1. The summed E-state index contributed by atoms with van der Waals surface area (Å²) in [6.07, 6.45) is 1.73. The Kier molecular flexibility index (Phi) is 5.31. The molecule has 1 aliphatic heterocycles. The van der Waals surface area contributed by atoms with Crippen molar-refractivity contribution >= 4 is 22.7 Å². The predicted molar refractivity (Wildman–Crippen MR) is 113 cm³/mol. The summed E-state index contributed by atoms with van der Waals surface area (Å²) in [5.41, 5.74) is 6.06. The Morgan fingerprint density at radius 2 is 2.23 bits per heavy atom. The van der Waals surface area contributed by atoms with Crippen LogP contribution in [0.25, 0.3) is 0 Å². The monoisotopic (exact) mass is 442 g/mol. The highest BCUT2D eigenvalue weighted by Crippen LogP contribution is 2.65. The first-order valence-corrected chi connectivity index (χ1v) is 10.5. The number of aliphatic hydroxyl groups is 1. The fourth-order valence-electron chi connectivity index (χ4n) is 4.37. The summed E-state index contributed by atoms with van der Waals surface area (Å²) in [5, 5.41) is 18.9. The Hall–Kier alpha value is -2.83. The van der Waals surface area contributed by atoms with Gasteiger partial charge in [-0.2, -0.15) is 5.26 Å². The number of thioether (sulfide) groups is 1. The SMILES string of the molecule is Cc1cc(C#N)cnc1C(=O)Cc1ccc(F)c([C@@]2(CF)N=C(N)S[C@@]3(CO)C[C@H]32)c1. The molecule has 0 unspecified atom stereocenters. The first-order chi connectivity index (χ1) is 14.8. The van der Waals surface area contributed by atoms with Crippen molar-refractivity contribution < 1.29 is 18.7 Å². The number of nitrogens with zero attached hydrogens (tertiary/aromatic N) is 3. The Morgan fingerprint density at radius 1 is 1.45 bits per heavy atom. The second kappa shape index (κ2) is 7.70. The summed E-state index contributed by atoms with van der Waals surface area (Å²) in [6, 6.07) is 7.67. The van der Waals surface area contributed by atoms with Gasteiger partial charge >= 0.3 is 0 Å². The number of carbonyl (C=O) groups is 1. The van der Waals surface area contributed by atoms with Crippen molar-refractivity contribution in [2.75, 3.05) is 13.3 Å². The number of amidine groups is 1. The number of aliphatic hydroxyl groups excluding tert-OH is 1. The van der Waals surface area contributed by atoms with Gasteiger partial charge in [-0.05, 0) is 42.7 Å². The second-order valence-electron chi connectivity index (χ2n) is 8.01. The maximum absolute atomic E-state index is 14.9. The van der Waals surface area contributed by atoms with Gasteiger partial charge in [0.25, 0.3) is 0 Å². The predicted octanol–water partition coefficient (Wildman–Crippen LogP) is 2.80. The van der Waals surface area contributed by atoms with E-state index in [9.17, 15) is 18.7 Å². The Labute approximate surface area is 182 Å². The van der Waals surface area contributed by atoms with Crippen LogP contribution in [-0.2, 0) is 12.0 Å². The van der Waals surface area contributed by atoms with Crippen LogP contribution in [0.1, 0.15) is 39.2 Å². The molecule has 6 nitrogen and oxygen atoms in total. The number of carbonyl (C=O) groups excluding carboxylic acids is 1. The average Bonchev–Trinajstić information content (AvgIpc) is 3.49. The number of nitrogens with two attached hydrogens (primary N) is 1. The summed E-state index contributed by atoms with van der Waals surface area (Å²) in [6.45, 7) is 0.517. The van der Waals surface area contributed by atoms with E-state index in [-0.39, 0.29) is 35.2 Å². The lowest BCUT2D eigenvalue weighted by atomic mass is 9.83. The van der Waals surface area contributed by atoms with Crippen molar-refractivity contribution in [2.24, 2.45) is 16.6 Å². The fraction of sp³-hybridized carbons (Fsp3) is 0.364. The molecular formula is C22H20F2N4O2S. The highest BCUT2D eigenvalue weighted by Gasteiger charge is 2.68. The van der Waals surface area contributed by atoms with Crippen LogP contribution in [0.3, 0.4) is 0 Å². The number of rotatable bonds is 6. The lowest BCUT2D eigenvalue weighted by Crippen LogP contribution is -2.41. The maximum Gasteiger partial charge on any atom is 0.185 e. The van der Waals surface area contributed by atoms with E-state index in [2.05, 4.69) is 9.98 Å². The van der Waals surface area contributed by atoms with Gasteiger partial charge in [0.2, 0.25) is 0 Å². The van der Waals surface area contributed by atoms with E-state index in [1.165, 1.54) is 36.2 Å². The molecule has 2 aromatic rings. The fourth-order valence-corrected chi connectivity index (χ4v) is 5.65. The minimum atomic E-state index is -1.52. The van der Waals surface area contributed by atoms with Gasteiger partial charge in [-0.25, -0.2) is 13.8 Å². The Balaban J connectivity index is 1.69. The van der Waals surface area contributed by atoms with Crippen LogP contribution in [0.2, 0.25) is 0 Å². The van der Waals surface area contributed by atoms with Gasteiger partial charge in [0.15, 0.2) is 11.0 Å². The van der Waals surface area contributed by atoms with Gasteiger partial charge in [-0.1, -0.05) is 17.8 Å². The maximum atomic E-state index is 14.9. The molecule has 0 radical (unpaired) electrons. The molecular weight excluding hydrogens is 422 g/mol. The number of hydrogen-bond acceptors (Lipinski definition) is 7. The van der Waals surface area contributed by atoms with Crippen LogP contribution in [0.5, 0.6) is 0 Å². The normalized spacial score (nSPS) is 26.5. The van der Waals surface area contributed by atoms with E-state index in [1.54, 1.807) is 13.0 Å². The van der Waals surface area contributed by atoms with Crippen molar-refractivity contribution in [3.8, 4) is 6.07 Å². The molecule has 1 fully saturated rings. The van der Waals surface area contributed by atoms with E-state index in [0.717, 1.165) is 0 Å². The Morgan fingerprint density at radius 3 is 2.87 bits per heavy atom. The second-order valence-corrected chi connectivity index (χ2v) is 9.44. The summed E-state index contributed by atoms with van der Waals surface area (Å²) < 4.78 is 28.6. The number of hydrogen-bond donors (Lipinski definition) is 2. The molecule has 1 saturated carbocycles. The minimum Gasteiger partial charge on any atom is -0.395 e. The van der Waals surface area contributed by atoms with E-state index in [0.29, 0.717) is 23.1 Å². The number of ketones is 1. The summed E-state index contributed by atoms with van der Waals surface area (Å²) >= 11 is 1.20. The van der Waals surface area contributed by atoms with Crippen molar-refractivity contribution in [1.82, 2.24) is 4.98 Å². The number of Topliss-reactive ketones (excluding diaryl/α,β-unsaturated/α-hetero) is 1. The number of halogens is 2. The molecule has 0 spiro atoms. The molecule has 2 aliphatic rings. The van der Waals surface area contributed by atoms with Crippen LogP contribution in [-0.4, -0.2) is 39.1 Å². The average molecular weight is 442 g/mol. The van der Waals surface area contributed by atoms with Gasteiger partial charge in [-0.3, -0.25) is 9.78 Å². The van der Waals surface area contributed by atoms with E-state index >= 15 is 0 Å². The van der Waals surface area contributed by atoms with Crippen LogP contribution >= 0.6 is 11.8 Å². The molecule has 1 aliphatic carbocycles. The number of alkyl halides is 1.